The summed E-state index contributed by atoms with van der Waals surface area (Å²) >= 11 is 0. The van der Waals surface area contributed by atoms with E-state index in [4.69, 9.17) is 0 Å². The van der Waals surface area contributed by atoms with E-state index in [1.165, 1.54) is 6.42 Å². The largest absolute Gasteiger partial charge is 0.339 e. The Bertz CT molecular complexity index is 287. The number of likely N-dealkylation sites (tertiary alicyclic amines) is 1. The van der Waals surface area contributed by atoms with Crippen molar-refractivity contribution in [3.63, 3.8) is 0 Å². The van der Waals surface area contributed by atoms with Gasteiger partial charge in [0, 0.05) is 18.7 Å². The lowest BCUT2D eigenvalue weighted by Crippen LogP contribution is -2.41. The second-order valence-corrected chi connectivity index (χ2v) is 5.52. The summed E-state index contributed by atoms with van der Waals surface area (Å²) in [6.07, 6.45) is 2.43. The number of amides is 1. The lowest BCUT2D eigenvalue weighted by Gasteiger charge is -2.35. The summed E-state index contributed by atoms with van der Waals surface area (Å²) < 4.78 is 0. The molecule has 1 saturated heterocycles. The first-order chi connectivity index (χ1) is 7.43. The number of hydrogen-bond acceptors (Lipinski definition) is 1. The fourth-order valence-electron chi connectivity index (χ4n) is 2.19. The number of piperidine rings is 1. The van der Waals surface area contributed by atoms with Crippen molar-refractivity contribution in [1.82, 2.24) is 4.90 Å². The van der Waals surface area contributed by atoms with Crippen LogP contribution in [-0.4, -0.2) is 23.9 Å². The third-order valence-corrected chi connectivity index (χ3v) is 3.76. The zero-order valence-electron chi connectivity index (χ0n) is 11.3. The summed E-state index contributed by atoms with van der Waals surface area (Å²) in [5.74, 6) is 1.61. The molecule has 0 spiro atoms. The number of rotatable bonds is 2. The van der Waals surface area contributed by atoms with E-state index in [-0.39, 0.29) is 5.91 Å². The van der Waals surface area contributed by atoms with Gasteiger partial charge in [-0.2, -0.15) is 0 Å². The molecule has 92 valence electrons. The molecule has 2 heteroatoms. The Morgan fingerprint density at radius 3 is 2.38 bits per heavy atom. The van der Waals surface area contributed by atoms with Crippen molar-refractivity contribution in [2.45, 2.75) is 47.5 Å². The molecular weight excluding hydrogens is 198 g/mol. The molecule has 0 radical (unpaired) electrons. The van der Waals surface area contributed by atoms with Crippen LogP contribution in [0.3, 0.4) is 0 Å². The van der Waals surface area contributed by atoms with E-state index < -0.39 is 0 Å². The van der Waals surface area contributed by atoms with Crippen molar-refractivity contribution in [3.8, 4) is 0 Å². The highest BCUT2D eigenvalue weighted by molar-refractivity contribution is 5.93. The molecule has 1 fully saturated rings. The molecule has 0 N–H and O–H groups in total. The van der Waals surface area contributed by atoms with E-state index >= 15 is 0 Å². The lowest BCUT2D eigenvalue weighted by atomic mass is 9.87. The van der Waals surface area contributed by atoms with Crippen molar-refractivity contribution < 1.29 is 4.79 Å². The third kappa shape index (κ3) is 3.10. The smallest absolute Gasteiger partial charge is 0.249 e. The highest BCUT2D eigenvalue weighted by Gasteiger charge is 2.26. The molecule has 0 aromatic heterocycles. The van der Waals surface area contributed by atoms with E-state index in [2.05, 4.69) is 13.8 Å². The van der Waals surface area contributed by atoms with Crippen molar-refractivity contribution in [2.75, 3.05) is 13.1 Å². The predicted octanol–water partition coefficient (Wildman–Crippen LogP) is 3.24. The molecule has 1 amide bonds. The molecule has 0 aromatic rings. The SMILES string of the molecule is CC(C)=C(C)C(=O)N1CCC[C@@H](C(C)C)C1. The van der Waals surface area contributed by atoms with Gasteiger partial charge in [-0.15, -0.1) is 0 Å². The van der Waals surface area contributed by atoms with Gasteiger partial charge in [0.1, 0.15) is 0 Å². The summed E-state index contributed by atoms with van der Waals surface area (Å²) in [5, 5.41) is 0. The Morgan fingerprint density at radius 1 is 1.25 bits per heavy atom. The van der Waals surface area contributed by atoms with Crippen LogP contribution in [0.4, 0.5) is 0 Å². The summed E-state index contributed by atoms with van der Waals surface area (Å²) in [7, 11) is 0. The number of nitrogens with zero attached hydrogens (tertiary/aromatic N) is 1. The Kier molecular flexibility index (Phi) is 4.57. The third-order valence-electron chi connectivity index (χ3n) is 3.76. The zero-order valence-corrected chi connectivity index (χ0v) is 11.3. The van der Waals surface area contributed by atoms with Crippen molar-refractivity contribution in [3.05, 3.63) is 11.1 Å². The molecule has 0 saturated carbocycles. The summed E-state index contributed by atoms with van der Waals surface area (Å²) in [5.41, 5.74) is 2.06. The first kappa shape index (κ1) is 13.3. The molecule has 1 rings (SSSR count). The maximum atomic E-state index is 12.2. The van der Waals surface area contributed by atoms with Gasteiger partial charge < -0.3 is 4.90 Å². The van der Waals surface area contributed by atoms with Crippen molar-refractivity contribution in [1.29, 1.82) is 0 Å². The molecule has 1 aliphatic rings. The van der Waals surface area contributed by atoms with E-state index in [0.717, 1.165) is 30.7 Å². The second-order valence-electron chi connectivity index (χ2n) is 5.52. The van der Waals surface area contributed by atoms with Crippen LogP contribution in [-0.2, 0) is 4.79 Å². The molecule has 16 heavy (non-hydrogen) atoms. The second kappa shape index (κ2) is 5.51. The summed E-state index contributed by atoms with van der Waals surface area (Å²) in [6, 6.07) is 0. The normalized spacial score (nSPS) is 21.1. The van der Waals surface area contributed by atoms with Gasteiger partial charge in [-0.25, -0.2) is 0 Å². The van der Waals surface area contributed by atoms with Crippen molar-refractivity contribution in [2.24, 2.45) is 11.8 Å². The van der Waals surface area contributed by atoms with E-state index in [1.807, 2.05) is 25.7 Å². The van der Waals surface area contributed by atoms with Crippen LogP contribution in [0.25, 0.3) is 0 Å². The van der Waals surface area contributed by atoms with Crippen LogP contribution < -0.4 is 0 Å². The minimum atomic E-state index is 0.241. The summed E-state index contributed by atoms with van der Waals surface area (Å²) in [6.45, 7) is 12.4. The van der Waals surface area contributed by atoms with Gasteiger partial charge in [-0.3, -0.25) is 4.79 Å². The Balaban J connectivity index is 2.68. The van der Waals surface area contributed by atoms with Gasteiger partial charge in [0.25, 0.3) is 0 Å². The van der Waals surface area contributed by atoms with Crippen LogP contribution in [0.5, 0.6) is 0 Å². The summed E-state index contributed by atoms with van der Waals surface area (Å²) in [4.78, 5) is 14.2. The molecule has 0 aliphatic carbocycles. The number of allylic oxidation sites excluding steroid dienone is 1. The lowest BCUT2D eigenvalue weighted by molar-refractivity contribution is -0.129. The van der Waals surface area contributed by atoms with E-state index in [9.17, 15) is 4.79 Å². The quantitative estimate of drug-likeness (QED) is 0.658. The van der Waals surface area contributed by atoms with Crippen LogP contribution >= 0.6 is 0 Å². The molecule has 0 bridgehead atoms. The van der Waals surface area contributed by atoms with Gasteiger partial charge in [0.05, 0.1) is 0 Å². The first-order valence-corrected chi connectivity index (χ1v) is 6.36. The number of carbonyl (C=O) groups excluding carboxylic acids is 1. The van der Waals surface area contributed by atoms with Gasteiger partial charge in [0.15, 0.2) is 0 Å². The Morgan fingerprint density at radius 2 is 1.88 bits per heavy atom. The van der Waals surface area contributed by atoms with Crippen LogP contribution in [0, 0.1) is 11.8 Å². The molecule has 0 aromatic carbocycles. The number of carbonyl (C=O) groups is 1. The zero-order chi connectivity index (χ0) is 12.3. The fraction of sp³-hybridized carbons (Fsp3) is 0.786. The molecule has 1 atom stereocenters. The van der Waals surface area contributed by atoms with E-state index in [0.29, 0.717) is 11.8 Å². The Hall–Kier alpha value is -0.790. The highest BCUT2D eigenvalue weighted by Crippen LogP contribution is 2.24. The minimum absolute atomic E-state index is 0.241. The average molecular weight is 223 g/mol. The van der Waals surface area contributed by atoms with Gasteiger partial charge in [-0.1, -0.05) is 19.4 Å². The maximum Gasteiger partial charge on any atom is 0.249 e. The average Bonchev–Trinajstić information content (AvgIpc) is 2.27. The van der Waals surface area contributed by atoms with Gasteiger partial charge in [-0.05, 0) is 45.4 Å². The predicted molar refractivity (Wildman–Crippen MR) is 68.2 cm³/mol. The minimum Gasteiger partial charge on any atom is -0.339 e. The first-order valence-electron chi connectivity index (χ1n) is 6.36. The van der Waals surface area contributed by atoms with Gasteiger partial charge >= 0.3 is 0 Å². The molecule has 1 aliphatic heterocycles. The molecular formula is C14H25NO. The van der Waals surface area contributed by atoms with E-state index in [1.54, 1.807) is 0 Å². The van der Waals surface area contributed by atoms with Crippen LogP contribution in [0.1, 0.15) is 47.5 Å². The van der Waals surface area contributed by atoms with Crippen LogP contribution in [0.15, 0.2) is 11.1 Å². The molecule has 1 heterocycles. The van der Waals surface area contributed by atoms with Gasteiger partial charge in [0.2, 0.25) is 5.91 Å². The highest BCUT2D eigenvalue weighted by atomic mass is 16.2. The maximum absolute atomic E-state index is 12.2. The monoisotopic (exact) mass is 223 g/mol. The molecule has 2 nitrogen and oxygen atoms in total. The van der Waals surface area contributed by atoms with Crippen molar-refractivity contribution >= 4 is 5.91 Å². The van der Waals surface area contributed by atoms with Crippen LogP contribution in [0.2, 0.25) is 0 Å². The molecule has 0 unspecified atom stereocenters. The fourth-order valence-corrected chi connectivity index (χ4v) is 2.19. The standard InChI is InChI=1S/C14H25NO/c1-10(2)12(5)14(16)15-8-6-7-13(9-15)11(3)4/h11,13H,6-9H2,1-5H3/t13-/m1/s1. The Labute approximate surface area is 99.7 Å². The number of hydrogen-bond donors (Lipinski definition) is 0. The topological polar surface area (TPSA) is 20.3 Å².